The third kappa shape index (κ3) is 3.71. The lowest BCUT2D eigenvalue weighted by atomic mass is 10.4. The predicted molar refractivity (Wildman–Crippen MR) is 72.1 cm³/mol. The fourth-order valence-corrected chi connectivity index (χ4v) is 2.13. The maximum absolute atomic E-state index is 11.9. The van der Waals surface area contributed by atoms with E-state index < -0.39 is 0 Å². The van der Waals surface area contributed by atoms with Gasteiger partial charge in [-0.1, -0.05) is 0 Å². The Balaban J connectivity index is 1.80. The summed E-state index contributed by atoms with van der Waals surface area (Å²) in [5.41, 5.74) is 6.79. The maximum Gasteiger partial charge on any atom is 0.355 e. The minimum atomic E-state index is -0.313. The molecule has 19 heavy (non-hydrogen) atoms. The highest BCUT2D eigenvalue weighted by Crippen LogP contribution is 2.11. The summed E-state index contributed by atoms with van der Waals surface area (Å²) in [7, 11) is 0. The summed E-state index contributed by atoms with van der Waals surface area (Å²) >= 11 is 0. The number of hydrogen-bond acceptors (Lipinski definition) is 5. The van der Waals surface area contributed by atoms with Gasteiger partial charge in [-0.15, -0.1) is 0 Å². The summed E-state index contributed by atoms with van der Waals surface area (Å²) in [5, 5.41) is 0. The van der Waals surface area contributed by atoms with Crippen LogP contribution in [0.5, 0.6) is 0 Å². The van der Waals surface area contributed by atoms with Gasteiger partial charge in [0.1, 0.15) is 12.3 Å². The topological polar surface area (TPSA) is 69.7 Å². The Kier molecular flexibility index (Phi) is 4.81. The number of aryl methyl sites for hydroxylation is 1. The van der Waals surface area contributed by atoms with Gasteiger partial charge in [-0.05, 0) is 13.0 Å². The van der Waals surface area contributed by atoms with E-state index in [0.717, 1.165) is 32.8 Å². The van der Waals surface area contributed by atoms with E-state index in [0.29, 0.717) is 24.5 Å². The number of ether oxygens (including phenoxy) is 2. The van der Waals surface area contributed by atoms with Crippen LogP contribution in [0, 0.1) is 0 Å². The zero-order valence-electron chi connectivity index (χ0n) is 11.3. The van der Waals surface area contributed by atoms with Gasteiger partial charge < -0.3 is 19.8 Å². The second-order valence-electron chi connectivity index (χ2n) is 4.53. The quantitative estimate of drug-likeness (QED) is 0.790. The highest BCUT2D eigenvalue weighted by Gasteiger charge is 2.15. The number of nitrogens with two attached hydrogens (primary N) is 1. The lowest BCUT2D eigenvalue weighted by Crippen LogP contribution is -2.38. The number of morpholine rings is 1. The molecule has 2 rings (SSSR count). The van der Waals surface area contributed by atoms with Crippen LogP contribution in [0.4, 0.5) is 5.69 Å². The number of carbonyl (C=O) groups excluding carboxylic acids is 1. The molecule has 0 bridgehead atoms. The summed E-state index contributed by atoms with van der Waals surface area (Å²) < 4.78 is 12.3. The third-order valence-corrected chi connectivity index (χ3v) is 3.21. The van der Waals surface area contributed by atoms with Crippen LogP contribution in [-0.4, -0.2) is 54.9 Å². The maximum atomic E-state index is 11.9. The Hall–Kier alpha value is -1.53. The molecule has 0 spiro atoms. The van der Waals surface area contributed by atoms with Gasteiger partial charge in [-0.3, -0.25) is 4.90 Å². The van der Waals surface area contributed by atoms with Gasteiger partial charge in [-0.25, -0.2) is 4.79 Å². The summed E-state index contributed by atoms with van der Waals surface area (Å²) in [5.74, 6) is -0.313. The number of anilines is 1. The number of nitrogen functional groups attached to an aromatic ring is 1. The second-order valence-corrected chi connectivity index (χ2v) is 4.53. The van der Waals surface area contributed by atoms with Gasteiger partial charge in [0.2, 0.25) is 0 Å². The van der Waals surface area contributed by atoms with Crippen molar-refractivity contribution >= 4 is 11.7 Å². The van der Waals surface area contributed by atoms with Crippen LogP contribution in [-0.2, 0) is 16.0 Å². The molecule has 0 saturated carbocycles. The number of esters is 1. The van der Waals surface area contributed by atoms with Gasteiger partial charge in [0, 0.05) is 32.4 Å². The van der Waals surface area contributed by atoms with Crippen molar-refractivity contribution < 1.29 is 14.3 Å². The molecule has 1 aromatic rings. The van der Waals surface area contributed by atoms with Crippen LogP contribution in [0.3, 0.4) is 0 Å². The normalized spacial score (nSPS) is 16.5. The first-order chi connectivity index (χ1) is 9.20. The molecule has 0 radical (unpaired) electrons. The summed E-state index contributed by atoms with van der Waals surface area (Å²) in [6.07, 6.45) is 1.75. The van der Waals surface area contributed by atoms with Gasteiger partial charge >= 0.3 is 5.97 Å². The van der Waals surface area contributed by atoms with E-state index in [1.165, 1.54) is 0 Å². The molecule has 1 aliphatic heterocycles. The van der Waals surface area contributed by atoms with E-state index in [1.807, 2.05) is 6.92 Å². The van der Waals surface area contributed by atoms with E-state index in [1.54, 1.807) is 16.8 Å². The molecule has 0 aliphatic carbocycles. The first kappa shape index (κ1) is 13.9. The molecular weight excluding hydrogens is 246 g/mol. The number of nitrogens with zero attached hydrogens (tertiary/aromatic N) is 2. The molecule has 1 saturated heterocycles. The van der Waals surface area contributed by atoms with E-state index in [4.69, 9.17) is 15.2 Å². The number of aromatic nitrogens is 1. The molecular formula is C13H21N3O3. The van der Waals surface area contributed by atoms with Crippen LogP contribution in [0.25, 0.3) is 0 Å². The van der Waals surface area contributed by atoms with E-state index >= 15 is 0 Å². The third-order valence-electron chi connectivity index (χ3n) is 3.21. The van der Waals surface area contributed by atoms with E-state index in [-0.39, 0.29) is 5.97 Å². The van der Waals surface area contributed by atoms with E-state index in [2.05, 4.69) is 4.90 Å². The predicted octanol–water partition coefficient (Wildman–Crippen LogP) is 0.579. The standard InChI is InChI=1S/C13H21N3O3/c1-2-16-10-11(14)9-12(16)13(17)19-8-5-15-3-6-18-7-4-15/h9-10H,2-8,14H2,1H3. The first-order valence-corrected chi connectivity index (χ1v) is 6.63. The fourth-order valence-electron chi connectivity index (χ4n) is 2.13. The zero-order chi connectivity index (χ0) is 13.7. The van der Waals surface area contributed by atoms with Crippen molar-refractivity contribution in [2.24, 2.45) is 0 Å². The summed E-state index contributed by atoms with van der Waals surface area (Å²) in [6.45, 7) is 7.11. The fraction of sp³-hybridized carbons (Fsp3) is 0.615. The van der Waals surface area contributed by atoms with Crippen molar-refractivity contribution in [1.29, 1.82) is 0 Å². The van der Waals surface area contributed by atoms with Crippen LogP contribution in [0.1, 0.15) is 17.4 Å². The van der Waals surface area contributed by atoms with Crippen molar-refractivity contribution in [3.05, 3.63) is 18.0 Å². The molecule has 0 aromatic carbocycles. The lowest BCUT2D eigenvalue weighted by molar-refractivity contribution is 0.0191. The molecule has 1 fully saturated rings. The van der Waals surface area contributed by atoms with Crippen molar-refractivity contribution in [3.8, 4) is 0 Å². The largest absolute Gasteiger partial charge is 0.460 e. The average Bonchev–Trinajstić information content (AvgIpc) is 2.81. The molecule has 0 unspecified atom stereocenters. The highest BCUT2D eigenvalue weighted by atomic mass is 16.5. The first-order valence-electron chi connectivity index (χ1n) is 6.63. The van der Waals surface area contributed by atoms with Crippen molar-refractivity contribution in [2.75, 3.05) is 45.2 Å². The van der Waals surface area contributed by atoms with Crippen LogP contribution in [0.2, 0.25) is 0 Å². The highest BCUT2D eigenvalue weighted by molar-refractivity contribution is 5.89. The number of rotatable bonds is 5. The van der Waals surface area contributed by atoms with Gasteiger partial charge in [0.15, 0.2) is 0 Å². The molecule has 0 atom stereocenters. The summed E-state index contributed by atoms with van der Waals surface area (Å²) in [6, 6.07) is 1.65. The molecule has 1 aromatic heterocycles. The molecule has 6 heteroatoms. The second kappa shape index (κ2) is 6.58. The average molecular weight is 267 g/mol. The molecule has 6 nitrogen and oxygen atoms in total. The van der Waals surface area contributed by atoms with Crippen molar-refractivity contribution in [3.63, 3.8) is 0 Å². The smallest absolute Gasteiger partial charge is 0.355 e. The Morgan fingerprint density at radius 2 is 2.21 bits per heavy atom. The number of hydrogen-bond donors (Lipinski definition) is 1. The van der Waals surface area contributed by atoms with Gasteiger partial charge in [0.25, 0.3) is 0 Å². The minimum Gasteiger partial charge on any atom is -0.460 e. The molecule has 2 heterocycles. The van der Waals surface area contributed by atoms with E-state index in [9.17, 15) is 4.79 Å². The Morgan fingerprint density at radius 3 is 2.89 bits per heavy atom. The van der Waals surface area contributed by atoms with Gasteiger partial charge in [-0.2, -0.15) is 0 Å². The van der Waals surface area contributed by atoms with Crippen molar-refractivity contribution in [2.45, 2.75) is 13.5 Å². The summed E-state index contributed by atoms with van der Waals surface area (Å²) in [4.78, 5) is 14.2. The van der Waals surface area contributed by atoms with Crippen molar-refractivity contribution in [1.82, 2.24) is 9.47 Å². The zero-order valence-corrected chi connectivity index (χ0v) is 11.3. The lowest BCUT2D eigenvalue weighted by Gasteiger charge is -2.26. The van der Waals surface area contributed by atoms with Crippen LogP contribution < -0.4 is 5.73 Å². The SMILES string of the molecule is CCn1cc(N)cc1C(=O)OCCN1CCOCC1. The Labute approximate surface area is 113 Å². The number of carbonyl (C=O) groups is 1. The minimum absolute atomic E-state index is 0.313. The molecule has 2 N–H and O–H groups in total. The molecule has 0 amide bonds. The molecule has 106 valence electrons. The Bertz CT molecular complexity index is 425. The Morgan fingerprint density at radius 1 is 1.47 bits per heavy atom. The van der Waals surface area contributed by atoms with Gasteiger partial charge in [0.05, 0.1) is 18.9 Å². The van der Waals surface area contributed by atoms with Crippen LogP contribution >= 0.6 is 0 Å². The molecule has 1 aliphatic rings. The monoisotopic (exact) mass is 267 g/mol. The van der Waals surface area contributed by atoms with Crippen LogP contribution in [0.15, 0.2) is 12.3 Å².